The number of hydrogen-bond donors (Lipinski definition) is 0. The molecule has 0 N–H and O–H groups in total. The summed E-state index contributed by atoms with van der Waals surface area (Å²) in [5, 5.41) is 0. The molecule has 41 heavy (non-hydrogen) atoms. The molecule has 2 aromatic rings. The lowest BCUT2D eigenvalue weighted by Gasteiger charge is -2.39. The van der Waals surface area contributed by atoms with Gasteiger partial charge in [0.15, 0.2) is 5.82 Å². The Kier molecular flexibility index (Phi) is 8.67. The molecule has 0 radical (unpaired) electrons. The van der Waals surface area contributed by atoms with Gasteiger partial charge >= 0.3 is 6.09 Å². The summed E-state index contributed by atoms with van der Waals surface area (Å²) in [6.07, 6.45) is 6.43. The van der Waals surface area contributed by atoms with E-state index < -0.39 is 27.3 Å². The van der Waals surface area contributed by atoms with E-state index in [2.05, 4.69) is 9.97 Å². The van der Waals surface area contributed by atoms with Gasteiger partial charge < -0.3 is 14.5 Å². The van der Waals surface area contributed by atoms with Crippen LogP contribution in [0.3, 0.4) is 0 Å². The van der Waals surface area contributed by atoms with E-state index in [0.717, 1.165) is 25.2 Å². The number of aromatic nitrogens is 2. The van der Waals surface area contributed by atoms with E-state index in [4.69, 9.17) is 4.74 Å². The van der Waals surface area contributed by atoms with Gasteiger partial charge in [0.2, 0.25) is 10.0 Å². The van der Waals surface area contributed by atoms with Crippen molar-refractivity contribution in [1.29, 1.82) is 0 Å². The first-order valence-corrected chi connectivity index (χ1v) is 15.5. The van der Waals surface area contributed by atoms with Crippen molar-refractivity contribution in [3.63, 3.8) is 0 Å². The van der Waals surface area contributed by atoms with Crippen LogP contribution >= 0.6 is 0 Å². The summed E-state index contributed by atoms with van der Waals surface area (Å²) in [7, 11) is -3.85. The van der Waals surface area contributed by atoms with Crippen LogP contribution in [0.25, 0.3) is 11.4 Å². The molecule has 11 nitrogen and oxygen atoms in total. The first kappa shape index (κ1) is 30.4. The summed E-state index contributed by atoms with van der Waals surface area (Å²) in [4.78, 5) is 50.6. The number of halogens is 1. The first-order chi connectivity index (χ1) is 19.2. The van der Waals surface area contributed by atoms with E-state index in [1.165, 1.54) is 31.5 Å². The molecule has 13 heteroatoms. The topological polar surface area (TPSA) is 130 Å². The van der Waals surface area contributed by atoms with Crippen LogP contribution in [0.15, 0.2) is 30.6 Å². The molecular weight excluding hydrogens is 553 g/mol. The SMILES string of the molecule is CCN(C(=O)c1ccc(-c2ncc(C(=O)N(C3CC3)C3CCN(C(=O)OC(C)(C)C)CC3)cn2)cc1F)S(C)(=O)=O. The summed E-state index contributed by atoms with van der Waals surface area (Å²) in [5.41, 5.74) is -0.385. The standard InChI is InChI=1S/C28H36FN5O6S/c1-6-33(41(5,38)39)26(36)22-10-7-18(15-23(22)29)24-30-16-19(17-31-24)25(35)34(20-8-9-20)21-11-13-32(14-12-21)27(37)40-28(2,3)4/h7,10,15-17,20-21H,6,8-9,11-14H2,1-5H3. The van der Waals surface area contributed by atoms with E-state index in [1.807, 2.05) is 25.7 Å². The smallest absolute Gasteiger partial charge is 0.410 e. The molecule has 4 rings (SSSR count). The number of rotatable bonds is 7. The number of carbonyl (C=O) groups excluding carboxylic acids is 3. The predicted molar refractivity (Wildman–Crippen MR) is 149 cm³/mol. The second kappa shape index (κ2) is 11.7. The van der Waals surface area contributed by atoms with Crippen LogP contribution in [0.2, 0.25) is 0 Å². The van der Waals surface area contributed by atoms with E-state index in [1.54, 1.807) is 4.90 Å². The number of piperidine rings is 1. The van der Waals surface area contributed by atoms with Gasteiger partial charge in [-0.1, -0.05) is 6.07 Å². The number of hydrogen-bond acceptors (Lipinski definition) is 8. The fourth-order valence-electron chi connectivity index (χ4n) is 4.86. The van der Waals surface area contributed by atoms with E-state index in [9.17, 15) is 27.2 Å². The minimum absolute atomic E-state index is 0.0258. The maximum absolute atomic E-state index is 14.9. The number of amides is 3. The third-order valence-corrected chi connectivity index (χ3v) is 8.18. The Morgan fingerprint density at radius 1 is 1.02 bits per heavy atom. The van der Waals surface area contributed by atoms with E-state index in [0.29, 0.717) is 35.8 Å². The van der Waals surface area contributed by atoms with Gasteiger partial charge in [0.05, 0.1) is 17.4 Å². The average molecular weight is 590 g/mol. The molecule has 1 aromatic heterocycles. The van der Waals surface area contributed by atoms with Gasteiger partial charge in [0, 0.05) is 49.7 Å². The van der Waals surface area contributed by atoms with Gasteiger partial charge in [-0.2, -0.15) is 0 Å². The number of nitrogens with zero attached hydrogens (tertiary/aromatic N) is 5. The molecule has 1 aliphatic carbocycles. The molecule has 0 atom stereocenters. The molecule has 1 saturated heterocycles. The zero-order valence-corrected chi connectivity index (χ0v) is 24.8. The molecule has 3 amide bonds. The summed E-state index contributed by atoms with van der Waals surface area (Å²) >= 11 is 0. The molecule has 2 aliphatic rings. The van der Waals surface area contributed by atoms with E-state index >= 15 is 0 Å². The van der Waals surface area contributed by atoms with Crippen LogP contribution < -0.4 is 0 Å². The monoisotopic (exact) mass is 589 g/mol. The Labute approximate surface area is 239 Å². The predicted octanol–water partition coefficient (Wildman–Crippen LogP) is 3.71. The molecular formula is C28H36FN5O6S. The molecule has 0 unspecified atom stereocenters. The second-order valence-corrected chi connectivity index (χ2v) is 13.3. The van der Waals surface area contributed by atoms with Gasteiger partial charge in [-0.15, -0.1) is 0 Å². The Morgan fingerprint density at radius 3 is 2.10 bits per heavy atom. The number of sulfonamides is 1. The van der Waals surface area contributed by atoms with Crippen LogP contribution in [0, 0.1) is 5.82 Å². The van der Waals surface area contributed by atoms with Crippen LogP contribution in [-0.2, 0) is 14.8 Å². The molecule has 2 fully saturated rings. The van der Waals surface area contributed by atoms with Crippen LogP contribution in [0.4, 0.5) is 9.18 Å². The van der Waals surface area contributed by atoms with Crippen molar-refractivity contribution in [2.45, 2.75) is 71.1 Å². The molecule has 222 valence electrons. The molecule has 0 bridgehead atoms. The first-order valence-electron chi connectivity index (χ1n) is 13.6. The van der Waals surface area contributed by atoms with Crippen molar-refractivity contribution in [2.75, 3.05) is 25.9 Å². The van der Waals surface area contributed by atoms with Crippen molar-refractivity contribution < 1.29 is 31.9 Å². The molecule has 2 heterocycles. The minimum atomic E-state index is -3.85. The highest BCUT2D eigenvalue weighted by molar-refractivity contribution is 7.88. The second-order valence-electron chi connectivity index (χ2n) is 11.4. The number of carbonyl (C=O) groups is 3. The van der Waals surface area contributed by atoms with Gasteiger partial charge in [-0.05, 0) is 65.5 Å². The highest BCUT2D eigenvalue weighted by atomic mass is 32.2. The summed E-state index contributed by atoms with van der Waals surface area (Å²) in [5.74, 6) is -1.91. The van der Waals surface area contributed by atoms with Gasteiger partial charge in [-0.25, -0.2) is 31.9 Å². The Morgan fingerprint density at radius 2 is 1.61 bits per heavy atom. The average Bonchev–Trinajstić information content (AvgIpc) is 3.73. The lowest BCUT2D eigenvalue weighted by atomic mass is 10.0. The van der Waals surface area contributed by atoms with Crippen molar-refractivity contribution in [1.82, 2.24) is 24.1 Å². The lowest BCUT2D eigenvalue weighted by molar-refractivity contribution is 0.0142. The summed E-state index contributed by atoms with van der Waals surface area (Å²) in [6.45, 7) is 7.83. The third-order valence-electron chi connectivity index (χ3n) is 6.95. The molecule has 1 saturated carbocycles. The fourth-order valence-corrected chi connectivity index (χ4v) is 5.73. The Hall–Kier alpha value is -3.61. The summed E-state index contributed by atoms with van der Waals surface area (Å²) in [6, 6.07) is 3.80. The zero-order valence-electron chi connectivity index (χ0n) is 24.0. The van der Waals surface area contributed by atoms with Gasteiger partial charge in [0.1, 0.15) is 11.4 Å². The number of benzene rings is 1. The minimum Gasteiger partial charge on any atom is -0.444 e. The lowest BCUT2D eigenvalue weighted by Crippen LogP contribution is -2.50. The largest absolute Gasteiger partial charge is 0.444 e. The highest BCUT2D eigenvalue weighted by Crippen LogP contribution is 2.33. The number of likely N-dealkylation sites (tertiary alicyclic amines) is 1. The van der Waals surface area contributed by atoms with Crippen LogP contribution in [0.5, 0.6) is 0 Å². The third kappa shape index (κ3) is 7.19. The highest BCUT2D eigenvalue weighted by Gasteiger charge is 2.40. The molecule has 0 spiro atoms. The maximum atomic E-state index is 14.9. The van der Waals surface area contributed by atoms with Crippen molar-refractivity contribution >= 4 is 27.9 Å². The van der Waals surface area contributed by atoms with E-state index in [-0.39, 0.29) is 47.6 Å². The van der Waals surface area contributed by atoms with Crippen LogP contribution in [0.1, 0.15) is 74.1 Å². The van der Waals surface area contributed by atoms with Gasteiger partial charge in [-0.3, -0.25) is 9.59 Å². The Balaban J connectivity index is 1.45. The summed E-state index contributed by atoms with van der Waals surface area (Å²) < 4.78 is 44.6. The maximum Gasteiger partial charge on any atom is 0.410 e. The normalized spacial score (nSPS) is 16.3. The molecule has 1 aliphatic heterocycles. The van der Waals surface area contributed by atoms with Crippen molar-refractivity contribution in [3.8, 4) is 11.4 Å². The Bertz CT molecular complexity index is 1410. The van der Waals surface area contributed by atoms with Gasteiger partial charge in [0.25, 0.3) is 11.8 Å². The fraction of sp³-hybridized carbons (Fsp3) is 0.536. The van der Waals surface area contributed by atoms with Crippen molar-refractivity contribution in [3.05, 3.63) is 47.5 Å². The quantitative estimate of drug-likeness (QED) is 0.478. The number of ether oxygens (including phenoxy) is 1. The van der Waals surface area contributed by atoms with Crippen molar-refractivity contribution in [2.24, 2.45) is 0 Å². The molecule has 1 aromatic carbocycles. The zero-order chi connectivity index (χ0) is 30.1. The van der Waals surface area contributed by atoms with Crippen LogP contribution in [-0.4, -0.2) is 94.0 Å².